The van der Waals surface area contributed by atoms with E-state index in [1.807, 2.05) is 25.1 Å². The first kappa shape index (κ1) is 9.86. The van der Waals surface area contributed by atoms with Crippen LogP contribution >= 0.6 is 0 Å². The van der Waals surface area contributed by atoms with E-state index < -0.39 is 0 Å². The van der Waals surface area contributed by atoms with Crippen LogP contribution in [0, 0.1) is 6.92 Å². The fourth-order valence-electron chi connectivity index (χ4n) is 1.12. The molecule has 0 aliphatic rings. The number of benzene rings is 1. The highest BCUT2D eigenvalue weighted by Gasteiger charge is 1.99. The molecule has 0 aliphatic heterocycles. The molecule has 3 heteroatoms. The number of rotatable bonds is 4. The Hall–Kier alpha value is -1.22. The second-order valence-corrected chi connectivity index (χ2v) is 2.96. The fourth-order valence-corrected chi connectivity index (χ4v) is 1.12. The number of hydrogen-bond donors (Lipinski definition) is 2. The summed E-state index contributed by atoms with van der Waals surface area (Å²) in [4.78, 5) is 0. The molecule has 1 rings (SSSR count). The van der Waals surface area contributed by atoms with Gasteiger partial charge in [-0.3, -0.25) is 0 Å². The number of methoxy groups -OCH3 is 1. The van der Waals surface area contributed by atoms with Crippen molar-refractivity contribution in [1.82, 2.24) is 0 Å². The van der Waals surface area contributed by atoms with Crippen molar-refractivity contribution in [2.75, 3.05) is 31.3 Å². The van der Waals surface area contributed by atoms with E-state index in [1.165, 1.54) is 0 Å². The van der Waals surface area contributed by atoms with Crippen molar-refractivity contribution < 1.29 is 4.74 Å². The lowest BCUT2D eigenvalue weighted by atomic mass is 10.2. The Bertz CT molecular complexity index is 274. The Morgan fingerprint density at radius 2 is 2.23 bits per heavy atom. The van der Waals surface area contributed by atoms with Gasteiger partial charge >= 0.3 is 0 Å². The number of anilines is 2. The van der Waals surface area contributed by atoms with E-state index in [-0.39, 0.29) is 0 Å². The minimum atomic E-state index is 0.688. The summed E-state index contributed by atoms with van der Waals surface area (Å²) in [6.07, 6.45) is 0. The van der Waals surface area contributed by atoms with Gasteiger partial charge in [-0.2, -0.15) is 0 Å². The summed E-state index contributed by atoms with van der Waals surface area (Å²) < 4.78 is 4.93. The molecule has 0 radical (unpaired) electrons. The third kappa shape index (κ3) is 2.63. The fraction of sp³-hybridized carbons (Fsp3) is 0.400. The van der Waals surface area contributed by atoms with Crippen molar-refractivity contribution in [3.05, 3.63) is 23.8 Å². The average Bonchev–Trinajstić information content (AvgIpc) is 2.13. The van der Waals surface area contributed by atoms with Crippen molar-refractivity contribution in [2.45, 2.75) is 6.92 Å². The van der Waals surface area contributed by atoms with Crippen LogP contribution in [0.15, 0.2) is 18.2 Å². The minimum absolute atomic E-state index is 0.688. The van der Waals surface area contributed by atoms with E-state index in [2.05, 4.69) is 5.32 Å². The van der Waals surface area contributed by atoms with E-state index in [1.54, 1.807) is 7.11 Å². The van der Waals surface area contributed by atoms with Gasteiger partial charge in [0, 0.05) is 13.7 Å². The van der Waals surface area contributed by atoms with Crippen LogP contribution in [0.5, 0.6) is 0 Å². The van der Waals surface area contributed by atoms with E-state index in [0.717, 1.165) is 23.5 Å². The predicted molar refractivity (Wildman–Crippen MR) is 56.0 cm³/mol. The molecule has 0 saturated carbocycles. The third-order valence-corrected chi connectivity index (χ3v) is 1.95. The van der Waals surface area contributed by atoms with Crippen LogP contribution in [0.2, 0.25) is 0 Å². The minimum Gasteiger partial charge on any atom is -0.397 e. The van der Waals surface area contributed by atoms with Gasteiger partial charge in [-0.25, -0.2) is 0 Å². The Morgan fingerprint density at radius 1 is 1.46 bits per heavy atom. The molecule has 72 valence electrons. The van der Waals surface area contributed by atoms with E-state index >= 15 is 0 Å². The predicted octanol–water partition coefficient (Wildman–Crippen LogP) is 1.64. The monoisotopic (exact) mass is 180 g/mol. The molecule has 0 unspecified atom stereocenters. The van der Waals surface area contributed by atoms with E-state index in [4.69, 9.17) is 10.5 Å². The first-order valence-corrected chi connectivity index (χ1v) is 4.33. The van der Waals surface area contributed by atoms with Gasteiger partial charge < -0.3 is 15.8 Å². The number of nitrogen functional groups attached to an aromatic ring is 1. The molecular formula is C10H16N2O. The molecule has 1 aromatic rings. The SMILES string of the molecule is COCCNc1cccc(C)c1N. The summed E-state index contributed by atoms with van der Waals surface area (Å²) in [6.45, 7) is 3.47. The van der Waals surface area contributed by atoms with Crippen LogP contribution < -0.4 is 11.1 Å². The largest absolute Gasteiger partial charge is 0.397 e. The molecular weight excluding hydrogens is 164 g/mol. The van der Waals surface area contributed by atoms with E-state index in [9.17, 15) is 0 Å². The van der Waals surface area contributed by atoms with Crippen molar-refractivity contribution in [1.29, 1.82) is 0 Å². The number of nitrogens with two attached hydrogens (primary N) is 1. The molecule has 0 aromatic heterocycles. The molecule has 0 bridgehead atoms. The second-order valence-electron chi connectivity index (χ2n) is 2.96. The molecule has 0 aliphatic carbocycles. The Morgan fingerprint density at radius 3 is 2.92 bits per heavy atom. The molecule has 0 amide bonds. The van der Waals surface area contributed by atoms with Crippen molar-refractivity contribution in [3.8, 4) is 0 Å². The second kappa shape index (κ2) is 4.72. The van der Waals surface area contributed by atoms with Crippen molar-refractivity contribution in [2.24, 2.45) is 0 Å². The summed E-state index contributed by atoms with van der Waals surface area (Å²) in [5, 5.41) is 3.20. The maximum Gasteiger partial charge on any atom is 0.0635 e. The van der Waals surface area contributed by atoms with Gasteiger partial charge in [-0.15, -0.1) is 0 Å². The quantitative estimate of drug-likeness (QED) is 0.547. The Kier molecular flexibility index (Phi) is 3.58. The van der Waals surface area contributed by atoms with Gasteiger partial charge in [0.15, 0.2) is 0 Å². The molecule has 0 fully saturated rings. The summed E-state index contributed by atoms with van der Waals surface area (Å²) >= 11 is 0. The van der Waals surface area contributed by atoms with Gasteiger partial charge in [0.1, 0.15) is 0 Å². The standard InChI is InChI=1S/C10H16N2O/c1-8-4-3-5-9(10(8)11)12-6-7-13-2/h3-5,12H,6-7,11H2,1-2H3. The summed E-state index contributed by atoms with van der Waals surface area (Å²) in [7, 11) is 1.68. The number of nitrogens with one attached hydrogen (secondary N) is 1. The maximum atomic E-state index is 5.86. The molecule has 0 heterocycles. The molecule has 3 nitrogen and oxygen atoms in total. The zero-order valence-corrected chi connectivity index (χ0v) is 8.13. The van der Waals surface area contributed by atoms with E-state index in [0.29, 0.717) is 6.61 Å². The summed E-state index contributed by atoms with van der Waals surface area (Å²) in [5.41, 5.74) is 8.76. The zero-order valence-electron chi connectivity index (χ0n) is 8.13. The molecule has 13 heavy (non-hydrogen) atoms. The summed E-state index contributed by atoms with van der Waals surface area (Å²) in [6, 6.07) is 5.95. The number of aryl methyl sites for hydroxylation is 1. The van der Waals surface area contributed by atoms with Gasteiger partial charge in [-0.05, 0) is 18.6 Å². The molecule has 0 atom stereocenters. The highest BCUT2D eigenvalue weighted by atomic mass is 16.5. The normalized spacial score (nSPS) is 10.0. The molecule has 0 saturated heterocycles. The van der Waals surface area contributed by atoms with Crippen LogP contribution in [0.3, 0.4) is 0 Å². The van der Waals surface area contributed by atoms with Gasteiger partial charge in [0.05, 0.1) is 18.0 Å². The van der Waals surface area contributed by atoms with Crippen LogP contribution in [0.1, 0.15) is 5.56 Å². The van der Waals surface area contributed by atoms with Gasteiger partial charge in [0.2, 0.25) is 0 Å². The first-order chi connectivity index (χ1) is 6.25. The Balaban J connectivity index is 2.61. The van der Waals surface area contributed by atoms with Gasteiger partial charge in [0.25, 0.3) is 0 Å². The van der Waals surface area contributed by atoms with Crippen LogP contribution in [-0.2, 0) is 4.74 Å². The maximum absolute atomic E-state index is 5.86. The zero-order chi connectivity index (χ0) is 9.68. The van der Waals surface area contributed by atoms with Crippen LogP contribution in [0.25, 0.3) is 0 Å². The topological polar surface area (TPSA) is 47.3 Å². The first-order valence-electron chi connectivity index (χ1n) is 4.33. The number of ether oxygens (including phenoxy) is 1. The third-order valence-electron chi connectivity index (χ3n) is 1.95. The van der Waals surface area contributed by atoms with Gasteiger partial charge in [-0.1, -0.05) is 12.1 Å². The highest BCUT2D eigenvalue weighted by molar-refractivity contribution is 5.69. The molecule has 1 aromatic carbocycles. The van der Waals surface area contributed by atoms with Crippen LogP contribution in [-0.4, -0.2) is 20.3 Å². The lowest BCUT2D eigenvalue weighted by Gasteiger charge is -2.10. The Labute approximate surface area is 78.9 Å². The van der Waals surface area contributed by atoms with Crippen molar-refractivity contribution >= 4 is 11.4 Å². The molecule has 3 N–H and O–H groups in total. The van der Waals surface area contributed by atoms with Crippen LogP contribution in [0.4, 0.5) is 11.4 Å². The smallest absolute Gasteiger partial charge is 0.0635 e. The lowest BCUT2D eigenvalue weighted by Crippen LogP contribution is -2.09. The average molecular weight is 180 g/mol. The van der Waals surface area contributed by atoms with Crippen molar-refractivity contribution in [3.63, 3.8) is 0 Å². The number of para-hydroxylation sites is 1. The highest BCUT2D eigenvalue weighted by Crippen LogP contribution is 2.21. The lowest BCUT2D eigenvalue weighted by molar-refractivity contribution is 0.211. The number of hydrogen-bond acceptors (Lipinski definition) is 3. The summed E-state index contributed by atoms with van der Waals surface area (Å²) in [5.74, 6) is 0. The molecule has 0 spiro atoms.